The van der Waals surface area contributed by atoms with Gasteiger partial charge in [-0.3, -0.25) is 9.59 Å². The van der Waals surface area contributed by atoms with Gasteiger partial charge in [0, 0.05) is 19.8 Å². The molecule has 0 aliphatic rings. The molecule has 4 N–H and O–H groups in total. The summed E-state index contributed by atoms with van der Waals surface area (Å²) in [5, 5.41) is 23.7. The number of rotatable bonds is 0. The van der Waals surface area contributed by atoms with Gasteiger partial charge in [-0.05, 0) is 13.8 Å². The smallest absolute Gasteiger partial charge is 0.550 e. The van der Waals surface area contributed by atoms with Gasteiger partial charge in [-0.2, -0.15) is 0 Å². The van der Waals surface area contributed by atoms with Crippen LogP contribution in [0.1, 0.15) is 26.3 Å². The Hall–Kier alpha value is -1.41. The molecule has 0 saturated heterocycles. The Morgan fingerprint density at radius 2 is 1.10 bits per heavy atom. The fourth-order valence-electron chi connectivity index (χ4n) is 0.534. The molecule has 0 aliphatic carbocycles. The van der Waals surface area contributed by atoms with Crippen molar-refractivity contribution in [3.63, 3.8) is 0 Å². The van der Waals surface area contributed by atoms with E-state index in [0.29, 0.717) is 0 Å². The summed E-state index contributed by atoms with van der Waals surface area (Å²) in [5.74, 6) is -2.75. The van der Waals surface area contributed by atoms with E-state index in [1.54, 1.807) is 0 Å². The zero-order valence-electron chi connectivity index (χ0n) is 12.9. The molecule has 0 spiro atoms. The third-order valence-corrected chi connectivity index (χ3v) is 0.940. The third kappa shape index (κ3) is 118. The number of carbonyl (C=O) groups excluding carboxylic acids is 1. The maximum atomic E-state index is 9.00. The number of aliphatic carboxylic acids is 3. The molecular formula is C13H21NaO7. The predicted octanol–water partition coefficient (Wildman–Crippen LogP) is -2.89. The van der Waals surface area contributed by atoms with Crippen LogP contribution in [0.5, 0.6) is 0 Å². The summed E-state index contributed by atoms with van der Waals surface area (Å²) in [6, 6.07) is 10.3. The van der Waals surface area contributed by atoms with Crippen molar-refractivity contribution in [1.82, 2.24) is 0 Å². The van der Waals surface area contributed by atoms with Gasteiger partial charge in [0.05, 0.1) is 0 Å². The molecule has 8 heteroatoms. The number of carboxylic acid groups (broad SMARTS) is 3. The molecule has 0 fully saturated rings. The van der Waals surface area contributed by atoms with Crippen molar-refractivity contribution in [1.29, 1.82) is 0 Å². The fraction of sp³-hybridized carbons (Fsp3) is 0.308. The van der Waals surface area contributed by atoms with Crippen LogP contribution in [0.15, 0.2) is 30.3 Å². The van der Waals surface area contributed by atoms with Crippen LogP contribution in [-0.2, 0) is 14.4 Å². The standard InChI is InChI=1S/C7H8.3C2H4O2.Na.H2O/c1-7-5-3-2-4-6-7;3*1-2(3)4;;/h2-6H,1H3;3*1H3,(H,3,4);;1H2/q;;;;+1;/p-1. The zero-order chi connectivity index (χ0) is 15.8. The molecule has 0 amide bonds. The van der Waals surface area contributed by atoms with Gasteiger partial charge in [-0.25, -0.2) is 0 Å². The molecule has 1 rings (SSSR count). The molecule has 21 heavy (non-hydrogen) atoms. The zero-order valence-corrected chi connectivity index (χ0v) is 14.9. The van der Waals surface area contributed by atoms with Crippen molar-refractivity contribution < 1.29 is 64.7 Å². The first-order valence-electron chi connectivity index (χ1n) is 5.17. The quantitative estimate of drug-likeness (QED) is 0.492. The Kier molecular flexibility index (Phi) is 35.8. The minimum absolute atomic E-state index is 0. The van der Waals surface area contributed by atoms with Gasteiger partial charge in [-0.15, -0.1) is 0 Å². The summed E-state index contributed by atoms with van der Waals surface area (Å²) < 4.78 is 0. The number of carboxylic acids is 3. The number of carbonyl (C=O) groups is 3. The van der Waals surface area contributed by atoms with E-state index in [1.165, 1.54) is 5.56 Å². The molecule has 7 nitrogen and oxygen atoms in total. The normalized spacial score (nSPS) is 6.48. The molecule has 0 heterocycles. The Morgan fingerprint density at radius 3 is 1.19 bits per heavy atom. The number of hydrogen-bond acceptors (Lipinski definition) is 4. The summed E-state index contributed by atoms with van der Waals surface area (Å²) >= 11 is 0. The Bertz CT molecular complexity index is 326. The second kappa shape index (κ2) is 23.7. The summed E-state index contributed by atoms with van der Waals surface area (Å²) in [7, 11) is 0. The first kappa shape index (κ1) is 31.8. The summed E-state index contributed by atoms with van der Waals surface area (Å²) in [6.07, 6.45) is 0. The molecule has 0 aliphatic heterocycles. The topological polar surface area (TPSA) is 146 Å². The van der Waals surface area contributed by atoms with Crippen LogP contribution in [0.3, 0.4) is 0 Å². The van der Waals surface area contributed by atoms with Crippen molar-refractivity contribution in [3.8, 4) is 0 Å². The summed E-state index contributed by atoms with van der Waals surface area (Å²) in [4.78, 5) is 26.9. The Labute approximate surface area is 146 Å². The fourth-order valence-corrected chi connectivity index (χ4v) is 0.534. The number of benzene rings is 1. The van der Waals surface area contributed by atoms with Gasteiger partial charge in [0.25, 0.3) is 11.9 Å². The average Bonchev–Trinajstić information content (AvgIpc) is 2.15. The molecule has 1 aromatic carbocycles. The van der Waals surface area contributed by atoms with Gasteiger partial charge in [-0.1, -0.05) is 35.9 Å². The minimum Gasteiger partial charge on any atom is -0.550 e. The molecule has 116 valence electrons. The van der Waals surface area contributed by atoms with E-state index in [0.717, 1.165) is 20.8 Å². The summed E-state index contributed by atoms with van der Waals surface area (Å²) in [5.41, 5.74) is 1.32. The van der Waals surface area contributed by atoms with Crippen molar-refractivity contribution in [2.24, 2.45) is 0 Å². The van der Waals surface area contributed by atoms with Crippen LogP contribution in [0.25, 0.3) is 0 Å². The SMILES string of the molecule is CC(=O)O.CC(=O)O.CC(=O)[O-].Cc1ccccc1.O.[Na+]. The van der Waals surface area contributed by atoms with E-state index in [1.807, 2.05) is 18.2 Å². The monoisotopic (exact) mass is 312 g/mol. The first-order chi connectivity index (χ1) is 8.59. The molecule has 0 aromatic heterocycles. The van der Waals surface area contributed by atoms with Gasteiger partial charge in [0.1, 0.15) is 0 Å². The Morgan fingerprint density at radius 1 is 0.905 bits per heavy atom. The molecule has 1 aromatic rings. The molecule has 0 atom stereocenters. The van der Waals surface area contributed by atoms with Gasteiger partial charge >= 0.3 is 29.6 Å². The van der Waals surface area contributed by atoms with E-state index < -0.39 is 17.9 Å². The van der Waals surface area contributed by atoms with E-state index in [-0.39, 0.29) is 35.0 Å². The maximum absolute atomic E-state index is 9.00. The van der Waals surface area contributed by atoms with Gasteiger partial charge in [0.2, 0.25) is 0 Å². The predicted molar refractivity (Wildman–Crippen MR) is 72.1 cm³/mol. The van der Waals surface area contributed by atoms with Crippen molar-refractivity contribution >= 4 is 17.9 Å². The van der Waals surface area contributed by atoms with Crippen LogP contribution in [0.2, 0.25) is 0 Å². The van der Waals surface area contributed by atoms with E-state index in [4.69, 9.17) is 29.7 Å². The van der Waals surface area contributed by atoms with Crippen molar-refractivity contribution in [2.75, 3.05) is 0 Å². The average molecular weight is 312 g/mol. The van der Waals surface area contributed by atoms with Crippen LogP contribution >= 0.6 is 0 Å². The Balaban J connectivity index is -0.0000000549. The minimum atomic E-state index is -1.08. The second-order valence-corrected chi connectivity index (χ2v) is 3.18. The van der Waals surface area contributed by atoms with Gasteiger partial charge in [0.15, 0.2) is 0 Å². The van der Waals surface area contributed by atoms with Crippen molar-refractivity contribution in [2.45, 2.75) is 27.7 Å². The maximum Gasteiger partial charge on any atom is 1.00 e. The largest absolute Gasteiger partial charge is 1.00 e. The van der Waals surface area contributed by atoms with Gasteiger partial charge < -0.3 is 25.6 Å². The molecule has 0 radical (unpaired) electrons. The van der Waals surface area contributed by atoms with E-state index in [9.17, 15) is 0 Å². The van der Waals surface area contributed by atoms with E-state index >= 15 is 0 Å². The number of hydrogen-bond donors (Lipinski definition) is 2. The molecule has 0 bridgehead atoms. The van der Waals surface area contributed by atoms with Crippen LogP contribution in [0, 0.1) is 6.92 Å². The molecule has 0 saturated carbocycles. The number of aryl methyl sites for hydroxylation is 1. The van der Waals surface area contributed by atoms with Crippen molar-refractivity contribution in [3.05, 3.63) is 35.9 Å². The van der Waals surface area contributed by atoms with Crippen LogP contribution in [0.4, 0.5) is 0 Å². The first-order valence-corrected chi connectivity index (χ1v) is 5.17. The second-order valence-electron chi connectivity index (χ2n) is 3.18. The van der Waals surface area contributed by atoms with E-state index in [2.05, 4.69) is 19.1 Å². The molecular weight excluding hydrogens is 291 g/mol. The summed E-state index contributed by atoms with van der Waals surface area (Å²) in [6.45, 7) is 5.22. The third-order valence-electron chi connectivity index (χ3n) is 0.940. The van der Waals surface area contributed by atoms with Crippen LogP contribution < -0.4 is 34.7 Å². The molecule has 0 unspecified atom stereocenters. The van der Waals surface area contributed by atoms with Crippen LogP contribution in [-0.4, -0.2) is 33.6 Å².